The average Bonchev–Trinajstić information content (AvgIpc) is 2.79. The molecule has 2 rings (SSSR count). The molecular formula is C13H15FN2O2. The van der Waals surface area contributed by atoms with Crippen LogP contribution in [0.3, 0.4) is 0 Å². The van der Waals surface area contributed by atoms with Gasteiger partial charge < -0.3 is 9.26 Å². The maximum atomic E-state index is 13.4. The minimum absolute atomic E-state index is 0.105. The first-order chi connectivity index (χ1) is 8.69. The smallest absolute Gasteiger partial charge is 0.226 e. The van der Waals surface area contributed by atoms with Crippen LogP contribution in [0.1, 0.15) is 30.6 Å². The van der Waals surface area contributed by atoms with Gasteiger partial charge in [0.2, 0.25) is 11.7 Å². The molecule has 96 valence electrons. The lowest BCUT2D eigenvalue weighted by molar-refractivity contribution is 0.272. The molecule has 1 heterocycles. The summed E-state index contributed by atoms with van der Waals surface area (Å²) in [5, 5.41) is 3.77. The molecule has 4 nitrogen and oxygen atoms in total. The maximum Gasteiger partial charge on any atom is 0.226 e. The highest BCUT2D eigenvalue weighted by Crippen LogP contribution is 2.19. The third-order valence-electron chi connectivity index (χ3n) is 2.42. The van der Waals surface area contributed by atoms with E-state index in [9.17, 15) is 4.39 Å². The molecule has 0 unspecified atom stereocenters. The summed E-state index contributed by atoms with van der Waals surface area (Å²) in [6, 6.07) is 4.71. The molecule has 5 heteroatoms. The largest absolute Gasteiger partial charge is 0.482 e. The first kappa shape index (κ1) is 12.5. The Labute approximate surface area is 105 Å². The van der Waals surface area contributed by atoms with Crippen LogP contribution in [-0.4, -0.2) is 10.1 Å². The second-order valence-electron chi connectivity index (χ2n) is 4.08. The lowest BCUT2D eigenvalue weighted by Crippen LogP contribution is -2.00. The van der Waals surface area contributed by atoms with Crippen molar-refractivity contribution in [2.75, 3.05) is 0 Å². The van der Waals surface area contributed by atoms with Crippen LogP contribution < -0.4 is 4.74 Å². The van der Waals surface area contributed by atoms with Gasteiger partial charge in [0.25, 0.3) is 0 Å². The molecule has 0 bridgehead atoms. The van der Waals surface area contributed by atoms with Gasteiger partial charge in [-0.25, -0.2) is 4.39 Å². The van der Waals surface area contributed by atoms with Gasteiger partial charge in [-0.15, -0.1) is 0 Å². The van der Waals surface area contributed by atoms with Gasteiger partial charge in [-0.1, -0.05) is 18.1 Å². The predicted octanol–water partition coefficient (Wildman–Crippen LogP) is 3.05. The number of hydrogen-bond donors (Lipinski definition) is 0. The van der Waals surface area contributed by atoms with Crippen molar-refractivity contribution < 1.29 is 13.7 Å². The Balaban J connectivity index is 1.99. The van der Waals surface area contributed by atoms with Gasteiger partial charge in [0.1, 0.15) is 0 Å². The van der Waals surface area contributed by atoms with Crippen molar-refractivity contribution in [2.45, 2.75) is 33.3 Å². The highest BCUT2D eigenvalue weighted by Gasteiger charge is 2.08. The Morgan fingerprint density at radius 1 is 1.39 bits per heavy atom. The molecule has 0 amide bonds. The summed E-state index contributed by atoms with van der Waals surface area (Å²) < 4.78 is 23.8. The molecular weight excluding hydrogens is 235 g/mol. The van der Waals surface area contributed by atoms with Crippen LogP contribution >= 0.6 is 0 Å². The van der Waals surface area contributed by atoms with E-state index in [4.69, 9.17) is 9.26 Å². The predicted molar refractivity (Wildman–Crippen MR) is 63.8 cm³/mol. The topological polar surface area (TPSA) is 48.2 Å². The lowest BCUT2D eigenvalue weighted by atomic mass is 10.2. The monoisotopic (exact) mass is 250 g/mol. The van der Waals surface area contributed by atoms with E-state index < -0.39 is 5.82 Å². The molecule has 0 aliphatic carbocycles. The number of nitrogens with zero attached hydrogens (tertiary/aromatic N) is 2. The van der Waals surface area contributed by atoms with Gasteiger partial charge in [0.15, 0.2) is 18.2 Å². The van der Waals surface area contributed by atoms with Crippen molar-refractivity contribution in [2.24, 2.45) is 0 Å². The van der Waals surface area contributed by atoms with Crippen LogP contribution in [0.5, 0.6) is 5.75 Å². The molecule has 0 radical (unpaired) electrons. The van der Waals surface area contributed by atoms with E-state index in [0.29, 0.717) is 11.7 Å². The van der Waals surface area contributed by atoms with E-state index >= 15 is 0 Å². The average molecular weight is 250 g/mol. The number of aryl methyl sites for hydroxylation is 2. The van der Waals surface area contributed by atoms with E-state index in [1.807, 2.05) is 13.8 Å². The second kappa shape index (κ2) is 5.62. The van der Waals surface area contributed by atoms with Gasteiger partial charge in [-0.3, -0.25) is 0 Å². The Kier molecular flexibility index (Phi) is 3.92. The van der Waals surface area contributed by atoms with Gasteiger partial charge in [-0.2, -0.15) is 4.98 Å². The van der Waals surface area contributed by atoms with Crippen LogP contribution in [0.4, 0.5) is 4.39 Å². The molecule has 1 aromatic carbocycles. The molecule has 0 fully saturated rings. The van der Waals surface area contributed by atoms with Crippen molar-refractivity contribution >= 4 is 0 Å². The summed E-state index contributed by atoms with van der Waals surface area (Å²) in [5.74, 6) is 0.829. The molecule has 0 aliphatic heterocycles. The van der Waals surface area contributed by atoms with Crippen molar-refractivity contribution in [3.05, 3.63) is 41.3 Å². The molecule has 18 heavy (non-hydrogen) atoms. The SMILES string of the molecule is CCCc1nc(COc2cc(C)ccc2F)no1. The third kappa shape index (κ3) is 3.06. The zero-order valence-electron chi connectivity index (χ0n) is 10.4. The molecule has 0 N–H and O–H groups in total. The fraction of sp³-hybridized carbons (Fsp3) is 0.385. The van der Waals surface area contributed by atoms with E-state index in [0.717, 1.165) is 18.4 Å². The summed E-state index contributed by atoms with van der Waals surface area (Å²) in [4.78, 5) is 4.14. The fourth-order valence-electron chi connectivity index (χ4n) is 1.53. The van der Waals surface area contributed by atoms with Gasteiger partial charge in [0.05, 0.1) is 0 Å². The zero-order chi connectivity index (χ0) is 13.0. The standard InChI is InChI=1S/C13H15FN2O2/c1-3-4-13-15-12(16-18-13)8-17-11-7-9(2)5-6-10(11)14/h5-7H,3-4,8H2,1-2H3. The van der Waals surface area contributed by atoms with Gasteiger partial charge in [-0.05, 0) is 31.0 Å². The lowest BCUT2D eigenvalue weighted by Gasteiger charge is -2.05. The van der Waals surface area contributed by atoms with Crippen LogP contribution in [-0.2, 0) is 13.0 Å². The number of hydrogen-bond acceptors (Lipinski definition) is 4. The first-order valence-corrected chi connectivity index (χ1v) is 5.89. The normalized spacial score (nSPS) is 10.6. The minimum Gasteiger partial charge on any atom is -0.482 e. The second-order valence-corrected chi connectivity index (χ2v) is 4.08. The molecule has 2 aromatic rings. The molecule has 0 aliphatic rings. The molecule has 0 spiro atoms. The van der Waals surface area contributed by atoms with Gasteiger partial charge >= 0.3 is 0 Å². The van der Waals surface area contributed by atoms with Crippen LogP contribution in [0.2, 0.25) is 0 Å². The van der Waals surface area contributed by atoms with E-state index in [1.165, 1.54) is 6.07 Å². The quantitative estimate of drug-likeness (QED) is 0.818. The van der Waals surface area contributed by atoms with E-state index in [-0.39, 0.29) is 12.4 Å². The Morgan fingerprint density at radius 2 is 2.22 bits per heavy atom. The van der Waals surface area contributed by atoms with Crippen molar-refractivity contribution in [1.82, 2.24) is 10.1 Å². The zero-order valence-corrected chi connectivity index (χ0v) is 10.4. The van der Waals surface area contributed by atoms with Crippen LogP contribution in [0.25, 0.3) is 0 Å². The summed E-state index contributed by atoms with van der Waals surface area (Å²) >= 11 is 0. The van der Waals surface area contributed by atoms with Crippen LogP contribution in [0, 0.1) is 12.7 Å². The summed E-state index contributed by atoms with van der Waals surface area (Å²) in [6.45, 7) is 4.01. The highest BCUT2D eigenvalue weighted by atomic mass is 19.1. The fourth-order valence-corrected chi connectivity index (χ4v) is 1.53. The number of ether oxygens (including phenoxy) is 1. The molecule has 0 saturated heterocycles. The molecule has 1 aromatic heterocycles. The van der Waals surface area contributed by atoms with E-state index in [1.54, 1.807) is 12.1 Å². The van der Waals surface area contributed by atoms with Crippen molar-refractivity contribution in [3.63, 3.8) is 0 Å². The van der Waals surface area contributed by atoms with Crippen molar-refractivity contribution in [1.29, 1.82) is 0 Å². The maximum absolute atomic E-state index is 13.4. The first-order valence-electron chi connectivity index (χ1n) is 5.89. The van der Waals surface area contributed by atoms with Crippen molar-refractivity contribution in [3.8, 4) is 5.75 Å². The van der Waals surface area contributed by atoms with Gasteiger partial charge in [0, 0.05) is 6.42 Å². The summed E-state index contributed by atoms with van der Waals surface area (Å²) in [7, 11) is 0. The minimum atomic E-state index is -0.391. The van der Waals surface area contributed by atoms with E-state index in [2.05, 4.69) is 10.1 Å². The Morgan fingerprint density at radius 3 is 3.00 bits per heavy atom. The molecule has 0 atom stereocenters. The Bertz CT molecular complexity index is 525. The third-order valence-corrected chi connectivity index (χ3v) is 2.42. The highest BCUT2D eigenvalue weighted by molar-refractivity contribution is 5.29. The number of rotatable bonds is 5. The number of halogens is 1. The summed E-state index contributed by atoms with van der Waals surface area (Å²) in [6.07, 6.45) is 1.68. The number of benzene rings is 1. The Hall–Kier alpha value is -1.91. The summed E-state index contributed by atoms with van der Waals surface area (Å²) in [5.41, 5.74) is 0.936. The van der Waals surface area contributed by atoms with Crippen LogP contribution in [0.15, 0.2) is 22.7 Å². The number of aromatic nitrogens is 2. The molecule has 0 saturated carbocycles.